The van der Waals surface area contributed by atoms with E-state index in [4.69, 9.17) is 37.0 Å². The van der Waals surface area contributed by atoms with Crippen molar-refractivity contribution in [1.29, 1.82) is 0 Å². The van der Waals surface area contributed by atoms with Crippen molar-refractivity contribution in [2.75, 3.05) is 39.6 Å². The molecule has 3 N–H and O–H groups in total. The number of esters is 4. The van der Waals surface area contributed by atoms with Crippen molar-refractivity contribution in [3.63, 3.8) is 0 Å². The second-order valence-electron chi connectivity index (χ2n) is 23.7. The Labute approximate surface area is 498 Å². The largest absolute Gasteiger partial charge is 0.472 e. The van der Waals surface area contributed by atoms with Crippen molar-refractivity contribution in [2.45, 2.75) is 330 Å². The van der Waals surface area contributed by atoms with Crippen molar-refractivity contribution in [3.05, 3.63) is 0 Å². The summed E-state index contributed by atoms with van der Waals surface area (Å²) in [5.41, 5.74) is 0. The predicted octanol–water partition coefficient (Wildman–Crippen LogP) is 17.3. The highest BCUT2D eigenvalue weighted by Crippen LogP contribution is 2.45. The van der Waals surface area contributed by atoms with Crippen molar-refractivity contribution >= 4 is 39.5 Å². The first-order valence-electron chi connectivity index (χ1n) is 33.0. The monoisotopic (exact) mass is 1210 g/mol. The molecule has 0 amide bonds. The van der Waals surface area contributed by atoms with Gasteiger partial charge in [0.15, 0.2) is 12.2 Å². The topological polar surface area (TPSA) is 237 Å². The minimum Gasteiger partial charge on any atom is -0.462 e. The van der Waals surface area contributed by atoms with E-state index >= 15 is 0 Å². The van der Waals surface area contributed by atoms with Crippen molar-refractivity contribution in [1.82, 2.24) is 0 Å². The summed E-state index contributed by atoms with van der Waals surface area (Å²) >= 11 is 0. The molecular weight excluding hydrogens is 1090 g/mol. The number of aliphatic hydroxyl groups excluding tert-OH is 1. The van der Waals surface area contributed by atoms with Crippen molar-refractivity contribution in [3.8, 4) is 0 Å². The summed E-state index contributed by atoms with van der Waals surface area (Å²) in [7, 11) is -9.88. The van der Waals surface area contributed by atoms with Gasteiger partial charge in [-0.05, 0) is 37.5 Å². The van der Waals surface area contributed by atoms with Crippen LogP contribution >= 0.6 is 15.6 Å². The molecule has 0 radical (unpaired) electrons. The van der Waals surface area contributed by atoms with E-state index in [9.17, 15) is 43.2 Å². The number of hydrogen-bond acceptors (Lipinski definition) is 15. The zero-order valence-electron chi connectivity index (χ0n) is 52.8. The second-order valence-corrected chi connectivity index (χ2v) is 26.7. The van der Waals surface area contributed by atoms with Crippen LogP contribution in [0.15, 0.2) is 0 Å². The highest BCUT2D eigenvalue weighted by molar-refractivity contribution is 7.47. The van der Waals surface area contributed by atoms with Crippen molar-refractivity contribution < 1.29 is 80.2 Å². The summed E-state index contributed by atoms with van der Waals surface area (Å²) < 4.78 is 67.7. The SMILES string of the molecule is CCCCCCCCCCC(=O)O[C@H](COC(=O)CCCCCCCCC)COP(=O)(O)OC[C@H](O)COP(=O)(O)OC[C@@H](COC(=O)CCCCCCCCC(C)C)OC(=O)CCCCCCCCCCCCCCCCCC(C)C. The summed E-state index contributed by atoms with van der Waals surface area (Å²) in [6, 6.07) is 0. The van der Waals surface area contributed by atoms with Crippen LogP contribution in [0.3, 0.4) is 0 Å². The number of phosphoric acid groups is 2. The Morgan fingerprint density at radius 3 is 0.829 bits per heavy atom. The average Bonchev–Trinajstić information content (AvgIpc) is 3.43. The molecule has 82 heavy (non-hydrogen) atoms. The van der Waals surface area contributed by atoms with E-state index in [-0.39, 0.29) is 25.7 Å². The molecule has 0 saturated carbocycles. The van der Waals surface area contributed by atoms with Crippen LogP contribution in [0.2, 0.25) is 0 Å². The van der Waals surface area contributed by atoms with E-state index < -0.39 is 97.5 Å². The molecule has 17 nitrogen and oxygen atoms in total. The molecule has 486 valence electrons. The Morgan fingerprint density at radius 1 is 0.329 bits per heavy atom. The lowest BCUT2D eigenvalue weighted by Gasteiger charge is -2.21. The first-order valence-corrected chi connectivity index (χ1v) is 36.0. The molecule has 0 heterocycles. The summed E-state index contributed by atoms with van der Waals surface area (Å²) in [4.78, 5) is 71.9. The van der Waals surface area contributed by atoms with Crippen LogP contribution in [-0.4, -0.2) is 96.7 Å². The Balaban J connectivity index is 5.13. The number of aliphatic hydroxyl groups is 1. The van der Waals surface area contributed by atoms with Crippen LogP contribution in [0, 0.1) is 11.8 Å². The summed E-state index contributed by atoms with van der Waals surface area (Å²) in [5.74, 6) is -0.662. The molecule has 0 aliphatic carbocycles. The van der Waals surface area contributed by atoms with Crippen LogP contribution < -0.4 is 0 Å². The second kappa shape index (κ2) is 55.6. The molecule has 0 aliphatic rings. The quantitative estimate of drug-likeness (QED) is 0.0222. The minimum absolute atomic E-state index is 0.104. The molecule has 0 aromatic heterocycles. The van der Waals surface area contributed by atoms with Gasteiger partial charge in [0.1, 0.15) is 19.3 Å². The molecule has 0 aromatic rings. The summed E-state index contributed by atoms with van der Waals surface area (Å²) in [5, 5.41) is 10.5. The highest BCUT2D eigenvalue weighted by Gasteiger charge is 2.30. The van der Waals surface area contributed by atoms with Gasteiger partial charge in [-0.2, -0.15) is 0 Å². The van der Waals surface area contributed by atoms with Gasteiger partial charge in [0.25, 0.3) is 0 Å². The third-order valence-corrected chi connectivity index (χ3v) is 16.4. The molecule has 0 fully saturated rings. The van der Waals surface area contributed by atoms with Crippen LogP contribution in [-0.2, 0) is 65.4 Å². The van der Waals surface area contributed by atoms with E-state index in [0.29, 0.717) is 31.6 Å². The van der Waals surface area contributed by atoms with E-state index in [1.807, 2.05) is 0 Å². The number of rotatable bonds is 62. The van der Waals surface area contributed by atoms with E-state index in [2.05, 4.69) is 41.5 Å². The van der Waals surface area contributed by atoms with Gasteiger partial charge in [-0.1, -0.05) is 260 Å². The van der Waals surface area contributed by atoms with E-state index in [0.717, 1.165) is 121 Å². The first kappa shape index (κ1) is 80.1. The molecule has 0 saturated heterocycles. The fourth-order valence-electron chi connectivity index (χ4n) is 9.35. The fourth-order valence-corrected chi connectivity index (χ4v) is 10.9. The zero-order chi connectivity index (χ0) is 60.8. The van der Waals surface area contributed by atoms with Gasteiger partial charge in [-0.15, -0.1) is 0 Å². The third kappa shape index (κ3) is 57.2. The number of hydrogen-bond donors (Lipinski definition) is 3. The molecule has 2 unspecified atom stereocenters. The molecule has 19 heteroatoms. The smallest absolute Gasteiger partial charge is 0.462 e. The highest BCUT2D eigenvalue weighted by atomic mass is 31.2. The number of phosphoric ester groups is 2. The average molecular weight is 1210 g/mol. The Morgan fingerprint density at radius 2 is 0.561 bits per heavy atom. The third-order valence-electron chi connectivity index (χ3n) is 14.5. The maximum absolute atomic E-state index is 13.0. The van der Waals surface area contributed by atoms with E-state index in [1.54, 1.807) is 0 Å². The standard InChI is InChI=1S/C63H122O17P2/c1-7-9-11-13-15-27-35-41-47-62(67)79-58(51-73-60(65)45-39-33-25-14-12-10-8-2)53-77-81(69,70)75-49-57(64)50-76-82(71,72)78-54-59(52-74-61(66)46-40-34-30-29-32-38-44-56(5)6)80-63(68)48-42-36-28-24-22-20-18-16-17-19-21-23-26-31-37-43-55(3)4/h55-59,64H,7-54H2,1-6H3,(H,69,70)(H,71,72)/t57-,58+,59+/m0/s1. The van der Waals surface area contributed by atoms with Crippen molar-refractivity contribution in [2.24, 2.45) is 11.8 Å². The van der Waals surface area contributed by atoms with E-state index in [1.165, 1.54) is 103 Å². The molecule has 0 aromatic carbocycles. The van der Waals surface area contributed by atoms with Crippen LogP contribution in [0.25, 0.3) is 0 Å². The lowest BCUT2D eigenvalue weighted by Crippen LogP contribution is -2.30. The Hall–Kier alpha value is -1.94. The van der Waals surface area contributed by atoms with Gasteiger partial charge in [-0.25, -0.2) is 9.13 Å². The van der Waals surface area contributed by atoms with Crippen LogP contribution in [0.4, 0.5) is 0 Å². The van der Waals surface area contributed by atoms with Crippen LogP contribution in [0.5, 0.6) is 0 Å². The number of carbonyl (C=O) groups is 4. The van der Waals surface area contributed by atoms with Gasteiger partial charge in [-0.3, -0.25) is 37.3 Å². The van der Waals surface area contributed by atoms with Gasteiger partial charge >= 0.3 is 39.5 Å². The van der Waals surface area contributed by atoms with Gasteiger partial charge in [0, 0.05) is 25.7 Å². The number of unbranched alkanes of at least 4 members (excludes halogenated alkanes) is 32. The van der Waals surface area contributed by atoms with Gasteiger partial charge < -0.3 is 33.8 Å². The molecule has 0 spiro atoms. The zero-order valence-corrected chi connectivity index (χ0v) is 54.6. The predicted molar refractivity (Wildman–Crippen MR) is 326 cm³/mol. The van der Waals surface area contributed by atoms with Crippen LogP contribution in [0.1, 0.15) is 311 Å². The maximum Gasteiger partial charge on any atom is 0.472 e. The molecular formula is C63H122O17P2. The number of ether oxygens (including phenoxy) is 4. The van der Waals surface area contributed by atoms with Gasteiger partial charge in [0.2, 0.25) is 0 Å². The maximum atomic E-state index is 13.0. The molecule has 5 atom stereocenters. The number of carbonyl (C=O) groups excluding carboxylic acids is 4. The normalized spacial score (nSPS) is 14.3. The molecule has 0 rings (SSSR count). The first-order chi connectivity index (χ1) is 39.4. The molecule has 0 bridgehead atoms. The summed E-state index contributed by atoms with van der Waals surface area (Å²) in [6.45, 7) is 9.36. The Kier molecular flexibility index (Phi) is 54.3. The summed E-state index contributed by atoms with van der Waals surface area (Å²) in [6.07, 6.45) is 38.0. The van der Waals surface area contributed by atoms with Gasteiger partial charge in [0.05, 0.1) is 26.4 Å². The lowest BCUT2D eigenvalue weighted by atomic mass is 10.0. The molecule has 0 aliphatic heterocycles. The fraction of sp³-hybridized carbons (Fsp3) is 0.937. The Bertz CT molecular complexity index is 1620. The lowest BCUT2D eigenvalue weighted by molar-refractivity contribution is -0.161. The minimum atomic E-state index is -4.94.